The van der Waals surface area contributed by atoms with Crippen LogP contribution >= 0.6 is 23.2 Å². The second kappa shape index (κ2) is 10.1. The summed E-state index contributed by atoms with van der Waals surface area (Å²) in [6.07, 6.45) is 3.09. The Morgan fingerprint density at radius 1 is 0.706 bits per heavy atom. The third-order valence-electron chi connectivity index (χ3n) is 5.20. The smallest absolute Gasteiger partial charge is 0.280 e. The van der Waals surface area contributed by atoms with Gasteiger partial charge in [0, 0.05) is 33.9 Å². The van der Waals surface area contributed by atoms with Gasteiger partial charge >= 0.3 is 0 Å². The lowest BCUT2D eigenvalue weighted by Crippen LogP contribution is -2.17. The van der Waals surface area contributed by atoms with Crippen molar-refractivity contribution in [2.75, 3.05) is 13.1 Å². The second-order valence-electron chi connectivity index (χ2n) is 7.61. The van der Waals surface area contributed by atoms with Crippen molar-refractivity contribution in [1.82, 2.24) is 19.6 Å². The van der Waals surface area contributed by atoms with E-state index in [1.807, 2.05) is 13.8 Å². The molecule has 0 aliphatic rings. The summed E-state index contributed by atoms with van der Waals surface area (Å²) in [7, 11) is 0. The molecule has 2 aromatic carbocycles. The van der Waals surface area contributed by atoms with Crippen molar-refractivity contribution in [3.05, 3.63) is 102 Å². The van der Waals surface area contributed by atoms with Crippen LogP contribution in [-0.4, -0.2) is 45.1 Å². The Morgan fingerprint density at radius 2 is 1.06 bits per heavy atom. The minimum Gasteiger partial charge on any atom is -0.295 e. The van der Waals surface area contributed by atoms with E-state index in [0.29, 0.717) is 57.0 Å². The number of aromatic nitrogens is 4. The summed E-state index contributed by atoms with van der Waals surface area (Å²) in [5.41, 5.74) is 3.35. The molecule has 8 nitrogen and oxygen atoms in total. The van der Waals surface area contributed by atoms with Crippen LogP contribution in [0.2, 0.25) is 10.0 Å². The first kappa shape index (κ1) is 23.5. The molecule has 174 valence electrons. The fourth-order valence-electron chi connectivity index (χ4n) is 3.39. The number of H-pyrrole nitrogens is 2. The van der Waals surface area contributed by atoms with Gasteiger partial charge in [-0.15, -0.1) is 0 Å². The van der Waals surface area contributed by atoms with Gasteiger partial charge in [-0.2, -0.15) is 0 Å². The molecule has 0 spiro atoms. The maximum absolute atomic E-state index is 12.7. The predicted octanol–water partition coefficient (Wildman–Crippen LogP) is 4.11. The second-order valence-corrected chi connectivity index (χ2v) is 8.48. The van der Waals surface area contributed by atoms with Crippen LogP contribution in [0.5, 0.6) is 0 Å². The van der Waals surface area contributed by atoms with Crippen molar-refractivity contribution < 1.29 is 0 Å². The molecule has 10 heteroatoms. The van der Waals surface area contributed by atoms with Gasteiger partial charge in [0.1, 0.15) is 0 Å². The summed E-state index contributed by atoms with van der Waals surface area (Å²) in [5, 5.41) is 7.29. The van der Waals surface area contributed by atoms with E-state index in [1.54, 1.807) is 61.0 Å². The van der Waals surface area contributed by atoms with Crippen molar-refractivity contribution in [2.45, 2.75) is 13.8 Å². The van der Waals surface area contributed by atoms with Crippen molar-refractivity contribution in [3.63, 3.8) is 0 Å². The van der Waals surface area contributed by atoms with E-state index in [1.165, 1.54) is 9.36 Å². The highest BCUT2D eigenvalue weighted by molar-refractivity contribution is 6.30. The largest absolute Gasteiger partial charge is 0.295 e. The number of nitrogens with zero attached hydrogens (tertiary/aromatic N) is 4. The molecule has 0 saturated heterocycles. The van der Waals surface area contributed by atoms with Gasteiger partial charge in [0.05, 0.1) is 35.6 Å². The highest BCUT2D eigenvalue weighted by Gasteiger charge is 2.11. The molecule has 0 bridgehead atoms. The quantitative estimate of drug-likeness (QED) is 0.297. The molecule has 0 aliphatic carbocycles. The van der Waals surface area contributed by atoms with E-state index in [0.717, 1.165) is 0 Å². The minimum atomic E-state index is -0.197. The molecule has 0 saturated carbocycles. The highest BCUT2D eigenvalue weighted by Crippen LogP contribution is 2.13. The van der Waals surface area contributed by atoms with Crippen LogP contribution in [0.3, 0.4) is 0 Å². The highest BCUT2D eigenvalue weighted by atomic mass is 35.5. The van der Waals surface area contributed by atoms with Crippen LogP contribution in [0, 0.1) is 13.8 Å². The lowest BCUT2D eigenvalue weighted by atomic mass is 10.3. The summed E-state index contributed by atoms with van der Waals surface area (Å²) in [6.45, 7) is 4.37. The number of aryl methyl sites for hydroxylation is 2. The fraction of sp³-hybridized carbons (Fsp3) is 0.167. The third kappa shape index (κ3) is 4.98. The number of rotatable bonds is 7. The standard InChI is InChI=1S/C24H22Cl2N6O2/c1-15-21(23(33)31(29-15)19-7-3-17(25)4-8-19)13-27-11-12-28-14-22-16(2)30-32(24(22)34)20-9-5-18(26)6-10-20/h3-10,13-14,29-30H,11-12H2,1-2H3. The SMILES string of the molecule is Cc1[nH]n(-c2ccc(Cl)cc2)c(=O)c1C=NCCN=Cc1c(C)[nH]n(-c2ccc(Cl)cc2)c1=O. The number of benzene rings is 2. The Bertz CT molecular complexity index is 1360. The van der Waals surface area contributed by atoms with E-state index in [9.17, 15) is 9.59 Å². The molecular formula is C24H22Cl2N6O2. The summed E-state index contributed by atoms with van der Waals surface area (Å²) < 4.78 is 2.90. The molecule has 0 fully saturated rings. The van der Waals surface area contributed by atoms with Crippen molar-refractivity contribution >= 4 is 35.6 Å². The molecule has 0 atom stereocenters. The van der Waals surface area contributed by atoms with Crippen LogP contribution < -0.4 is 11.1 Å². The molecule has 0 radical (unpaired) electrons. The molecule has 2 aromatic heterocycles. The molecule has 0 unspecified atom stereocenters. The van der Waals surface area contributed by atoms with Crippen molar-refractivity contribution in [2.24, 2.45) is 9.98 Å². The summed E-state index contributed by atoms with van der Waals surface area (Å²) in [5.74, 6) is 0. The molecule has 34 heavy (non-hydrogen) atoms. The van der Waals surface area contributed by atoms with E-state index in [4.69, 9.17) is 23.2 Å². The molecule has 4 aromatic rings. The molecule has 4 rings (SSSR count). The average molecular weight is 497 g/mol. The molecule has 2 heterocycles. The Hall–Kier alpha value is -3.62. The lowest BCUT2D eigenvalue weighted by Gasteiger charge is -2.00. The normalized spacial score (nSPS) is 11.8. The van der Waals surface area contributed by atoms with E-state index < -0.39 is 0 Å². The molecule has 0 amide bonds. The zero-order chi connectivity index (χ0) is 24.2. The van der Waals surface area contributed by atoms with Crippen LogP contribution in [-0.2, 0) is 0 Å². The van der Waals surface area contributed by atoms with Crippen molar-refractivity contribution in [3.8, 4) is 11.4 Å². The van der Waals surface area contributed by atoms with E-state index in [-0.39, 0.29) is 11.1 Å². The van der Waals surface area contributed by atoms with Crippen LogP contribution in [0.15, 0.2) is 68.1 Å². The predicted molar refractivity (Wildman–Crippen MR) is 137 cm³/mol. The number of aliphatic imine (C=N–C) groups is 2. The van der Waals surface area contributed by atoms with Crippen molar-refractivity contribution in [1.29, 1.82) is 0 Å². The first-order chi connectivity index (χ1) is 16.3. The van der Waals surface area contributed by atoms with Gasteiger partial charge < -0.3 is 0 Å². The Kier molecular flexibility index (Phi) is 7.00. The number of nitrogens with one attached hydrogen (secondary N) is 2. The van der Waals surface area contributed by atoms with E-state index in [2.05, 4.69) is 20.2 Å². The van der Waals surface area contributed by atoms with Gasteiger partial charge in [-0.05, 0) is 62.4 Å². The first-order valence-electron chi connectivity index (χ1n) is 10.5. The number of hydrogen-bond donors (Lipinski definition) is 2. The maximum Gasteiger partial charge on any atom is 0.280 e. The fourth-order valence-corrected chi connectivity index (χ4v) is 3.65. The Labute approximate surface area is 205 Å². The van der Waals surface area contributed by atoms with Gasteiger partial charge in [0.25, 0.3) is 11.1 Å². The summed E-state index contributed by atoms with van der Waals surface area (Å²) in [4.78, 5) is 34.1. The molecular weight excluding hydrogens is 475 g/mol. The van der Waals surface area contributed by atoms with Gasteiger partial charge in [0.2, 0.25) is 0 Å². The Balaban J connectivity index is 1.41. The Morgan fingerprint density at radius 3 is 1.41 bits per heavy atom. The summed E-state index contributed by atoms with van der Waals surface area (Å²) >= 11 is 11.8. The monoisotopic (exact) mass is 496 g/mol. The zero-order valence-electron chi connectivity index (χ0n) is 18.5. The minimum absolute atomic E-state index is 0.197. The molecule has 2 N–H and O–H groups in total. The van der Waals surface area contributed by atoms with Gasteiger partial charge in [-0.25, -0.2) is 9.36 Å². The first-order valence-corrected chi connectivity index (χ1v) is 11.3. The average Bonchev–Trinajstić information content (AvgIpc) is 3.26. The van der Waals surface area contributed by atoms with E-state index >= 15 is 0 Å². The van der Waals surface area contributed by atoms with Crippen LogP contribution in [0.1, 0.15) is 22.5 Å². The third-order valence-corrected chi connectivity index (χ3v) is 5.71. The van der Waals surface area contributed by atoms with Crippen LogP contribution in [0.25, 0.3) is 11.4 Å². The van der Waals surface area contributed by atoms with Gasteiger partial charge in [-0.1, -0.05) is 23.2 Å². The number of hydrogen-bond acceptors (Lipinski definition) is 4. The zero-order valence-corrected chi connectivity index (χ0v) is 20.1. The maximum atomic E-state index is 12.7. The van der Waals surface area contributed by atoms with Gasteiger partial charge in [0.15, 0.2) is 0 Å². The number of halogens is 2. The topological polar surface area (TPSA) is 100 Å². The number of aromatic amines is 2. The van der Waals surface area contributed by atoms with Gasteiger partial charge in [-0.3, -0.25) is 29.8 Å². The lowest BCUT2D eigenvalue weighted by molar-refractivity contribution is 0.835. The van der Waals surface area contributed by atoms with Crippen LogP contribution in [0.4, 0.5) is 0 Å². The summed E-state index contributed by atoms with van der Waals surface area (Å²) in [6, 6.07) is 13.9. The molecule has 0 aliphatic heterocycles.